The maximum atomic E-state index is 12.7. The highest BCUT2D eigenvalue weighted by Crippen LogP contribution is 2.31. The summed E-state index contributed by atoms with van der Waals surface area (Å²) in [6, 6.07) is 9.01. The Kier molecular flexibility index (Phi) is 7.58. The van der Waals surface area contributed by atoms with Crippen LogP contribution in [0.2, 0.25) is 0 Å². The van der Waals surface area contributed by atoms with E-state index in [0.717, 1.165) is 17.7 Å². The number of rotatable bonds is 8. The number of alkyl halides is 3. The molecule has 2 rings (SSSR count). The van der Waals surface area contributed by atoms with Crippen LogP contribution in [0.1, 0.15) is 24.1 Å². The summed E-state index contributed by atoms with van der Waals surface area (Å²) in [6.45, 7) is 1.92. The van der Waals surface area contributed by atoms with Gasteiger partial charge in [0, 0.05) is 5.56 Å². The molecule has 0 saturated heterocycles. The van der Waals surface area contributed by atoms with E-state index in [-0.39, 0.29) is 24.9 Å². The first-order valence-electron chi connectivity index (χ1n) is 8.81. The number of nitrogens with one attached hydrogen (secondary N) is 2. The molecular weight excluding hydrogens is 389 g/mol. The summed E-state index contributed by atoms with van der Waals surface area (Å²) in [5.74, 6) is 1.31. The number of benzene rings is 2. The fourth-order valence-corrected chi connectivity index (χ4v) is 2.60. The minimum absolute atomic E-state index is 0.0194. The number of amides is 2. The SMILES string of the molecule is COc1ccc(OC)c(C(C)NC(=O)NCCOc2cccc(C(F)(F)F)c2)c1. The van der Waals surface area contributed by atoms with Crippen molar-refractivity contribution < 1.29 is 32.2 Å². The molecule has 0 aliphatic carbocycles. The Balaban J connectivity index is 1.83. The molecule has 2 aromatic carbocycles. The van der Waals surface area contributed by atoms with E-state index >= 15 is 0 Å². The van der Waals surface area contributed by atoms with E-state index in [1.165, 1.54) is 19.2 Å². The van der Waals surface area contributed by atoms with Crippen molar-refractivity contribution in [3.05, 3.63) is 53.6 Å². The monoisotopic (exact) mass is 412 g/mol. The molecule has 0 heterocycles. The highest BCUT2D eigenvalue weighted by Gasteiger charge is 2.30. The zero-order chi connectivity index (χ0) is 21.4. The summed E-state index contributed by atoms with van der Waals surface area (Å²) in [6.07, 6.45) is -4.44. The second kappa shape index (κ2) is 9.90. The van der Waals surface area contributed by atoms with Crippen LogP contribution in [-0.4, -0.2) is 33.4 Å². The van der Waals surface area contributed by atoms with E-state index in [4.69, 9.17) is 14.2 Å². The standard InChI is InChI=1S/C20H23F3N2O4/c1-13(17-12-15(27-2)7-8-18(17)28-3)25-19(26)24-9-10-29-16-6-4-5-14(11-16)20(21,22)23/h4-8,11-13H,9-10H2,1-3H3,(H2,24,25,26). The van der Waals surface area contributed by atoms with Gasteiger partial charge in [-0.25, -0.2) is 4.79 Å². The number of hydrogen-bond donors (Lipinski definition) is 2. The van der Waals surface area contributed by atoms with Crippen LogP contribution < -0.4 is 24.8 Å². The number of carbonyl (C=O) groups excluding carboxylic acids is 1. The molecule has 0 radical (unpaired) electrons. The summed E-state index contributed by atoms with van der Waals surface area (Å²) in [5, 5.41) is 5.36. The molecule has 2 aromatic rings. The minimum Gasteiger partial charge on any atom is -0.497 e. The molecule has 0 saturated carbocycles. The van der Waals surface area contributed by atoms with E-state index in [0.29, 0.717) is 11.5 Å². The molecule has 2 amide bonds. The number of methoxy groups -OCH3 is 2. The molecule has 1 atom stereocenters. The number of carbonyl (C=O) groups is 1. The van der Waals surface area contributed by atoms with Crippen molar-refractivity contribution in [3.63, 3.8) is 0 Å². The maximum absolute atomic E-state index is 12.7. The fraction of sp³-hybridized carbons (Fsp3) is 0.350. The van der Waals surface area contributed by atoms with E-state index < -0.39 is 17.8 Å². The number of hydrogen-bond acceptors (Lipinski definition) is 4. The van der Waals surface area contributed by atoms with Gasteiger partial charge in [0.25, 0.3) is 0 Å². The van der Waals surface area contributed by atoms with Gasteiger partial charge in [-0.15, -0.1) is 0 Å². The van der Waals surface area contributed by atoms with Crippen LogP contribution in [0.3, 0.4) is 0 Å². The third kappa shape index (κ3) is 6.48. The Labute approximate surface area is 167 Å². The van der Waals surface area contributed by atoms with Gasteiger partial charge in [-0.1, -0.05) is 6.07 Å². The van der Waals surface area contributed by atoms with Gasteiger partial charge in [-0.05, 0) is 43.3 Å². The second-order valence-corrected chi connectivity index (χ2v) is 6.10. The number of ether oxygens (including phenoxy) is 3. The zero-order valence-electron chi connectivity index (χ0n) is 16.3. The average Bonchev–Trinajstić information content (AvgIpc) is 2.70. The molecule has 6 nitrogen and oxygen atoms in total. The van der Waals surface area contributed by atoms with E-state index in [2.05, 4.69) is 10.6 Å². The quantitative estimate of drug-likeness (QED) is 0.639. The Morgan fingerprint density at radius 2 is 1.83 bits per heavy atom. The van der Waals surface area contributed by atoms with Gasteiger partial charge in [0.05, 0.1) is 32.4 Å². The average molecular weight is 412 g/mol. The Hall–Kier alpha value is -3.10. The van der Waals surface area contributed by atoms with Crippen LogP contribution in [0, 0.1) is 0 Å². The third-order valence-electron chi connectivity index (χ3n) is 4.07. The van der Waals surface area contributed by atoms with Crippen LogP contribution in [0.25, 0.3) is 0 Å². The largest absolute Gasteiger partial charge is 0.497 e. The fourth-order valence-electron chi connectivity index (χ4n) is 2.60. The van der Waals surface area contributed by atoms with E-state index in [9.17, 15) is 18.0 Å². The molecule has 0 aliphatic rings. The minimum atomic E-state index is -4.44. The van der Waals surface area contributed by atoms with Crippen LogP contribution in [-0.2, 0) is 6.18 Å². The Morgan fingerprint density at radius 1 is 1.07 bits per heavy atom. The smallest absolute Gasteiger partial charge is 0.416 e. The van der Waals surface area contributed by atoms with Gasteiger partial charge in [0.15, 0.2) is 0 Å². The van der Waals surface area contributed by atoms with Crippen molar-refractivity contribution in [1.82, 2.24) is 10.6 Å². The topological polar surface area (TPSA) is 68.8 Å². The molecule has 0 fully saturated rings. The molecule has 9 heteroatoms. The molecule has 1 unspecified atom stereocenters. The maximum Gasteiger partial charge on any atom is 0.416 e. The molecule has 158 valence electrons. The summed E-state index contributed by atoms with van der Waals surface area (Å²) in [7, 11) is 3.07. The zero-order valence-corrected chi connectivity index (χ0v) is 16.3. The Morgan fingerprint density at radius 3 is 2.48 bits per heavy atom. The molecule has 0 spiro atoms. The van der Waals surface area contributed by atoms with Crippen molar-refractivity contribution >= 4 is 6.03 Å². The normalized spacial score (nSPS) is 12.1. The summed E-state index contributed by atoms with van der Waals surface area (Å²) >= 11 is 0. The van der Waals surface area contributed by atoms with Crippen molar-refractivity contribution in [1.29, 1.82) is 0 Å². The molecule has 0 aliphatic heterocycles. The van der Waals surface area contributed by atoms with Gasteiger partial charge in [0.1, 0.15) is 23.9 Å². The van der Waals surface area contributed by atoms with Crippen LogP contribution in [0.4, 0.5) is 18.0 Å². The lowest BCUT2D eigenvalue weighted by Gasteiger charge is -2.18. The number of halogens is 3. The molecule has 0 aromatic heterocycles. The lowest BCUT2D eigenvalue weighted by Crippen LogP contribution is -2.39. The Bertz CT molecular complexity index is 828. The second-order valence-electron chi connectivity index (χ2n) is 6.10. The third-order valence-corrected chi connectivity index (χ3v) is 4.07. The van der Waals surface area contributed by atoms with Gasteiger partial charge in [0.2, 0.25) is 0 Å². The molecule has 29 heavy (non-hydrogen) atoms. The molecule has 0 bridgehead atoms. The summed E-state index contributed by atoms with van der Waals surface area (Å²) in [5.41, 5.74) is -0.0519. The summed E-state index contributed by atoms with van der Waals surface area (Å²) < 4.78 is 53.8. The molecular formula is C20H23F3N2O4. The first-order chi connectivity index (χ1) is 13.7. The van der Waals surface area contributed by atoms with Crippen LogP contribution >= 0.6 is 0 Å². The van der Waals surface area contributed by atoms with Gasteiger partial charge in [-0.2, -0.15) is 13.2 Å². The first-order valence-corrected chi connectivity index (χ1v) is 8.81. The van der Waals surface area contributed by atoms with E-state index in [1.54, 1.807) is 32.2 Å². The van der Waals surface area contributed by atoms with Gasteiger partial charge in [-0.3, -0.25) is 0 Å². The summed E-state index contributed by atoms with van der Waals surface area (Å²) in [4.78, 5) is 12.1. The molecule has 2 N–H and O–H groups in total. The predicted molar refractivity (Wildman–Crippen MR) is 101 cm³/mol. The van der Waals surface area contributed by atoms with Crippen LogP contribution in [0.5, 0.6) is 17.2 Å². The van der Waals surface area contributed by atoms with Crippen molar-refractivity contribution in [2.75, 3.05) is 27.4 Å². The lowest BCUT2D eigenvalue weighted by atomic mass is 10.1. The lowest BCUT2D eigenvalue weighted by molar-refractivity contribution is -0.137. The van der Waals surface area contributed by atoms with Crippen molar-refractivity contribution in [2.24, 2.45) is 0 Å². The highest BCUT2D eigenvalue weighted by atomic mass is 19.4. The van der Waals surface area contributed by atoms with Gasteiger partial charge < -0.3 is 24.8 Å². The first kappa shape index (κ1) is 22.2. The van der Waals surface area contributed by atoms with Crippen molar-refractivity contribution in [3.8, 4) is 17.2 Å². The van der Waals surface area contributed by atoms with Gasteiger partial charge >= 0.3 is 12.2 Å². The number of urea groups is 1. The predicted octanol–water partition coefficient (Wildman–Crippen LogP) is 4.16. The van der Waals surface area contributed by atoms with Crippen LogP contribution in [0.15, 0.2) is 42.5 Å². The van der Waals surface area contributed by atoms with E-state index in [1.807, 2.05) is 0 Å². The highest BCUT2D eigenvalue weighted by molar-refractivity contribution is 5.74. The van der Waals surface area contributed by atoms with Crippen molar-refractivity contribution in [2.45, 2.75) is 19.1 Å².